The zero-order valence-corrected chi connectivity index (χ0v) is 26.6. The Morgan fingerprint density at radius 2 is 0.980 bits per heavy atom. The smallest absolute Gasteiger partial charge is 0.287 e. The maximum Gasteiger partial charge on any atom is 0.460 e. The number of hydrogen-bond acceptors (Lipinski definition) is 1. The van der Waals surface area contributed by atoms with Crippen molar-refractivity contribution in [1.82, 2.24) is 0 Å². The quantitative estimate of drug-likeness (QED) is 0.0996. The van der Waals surface area contributed by atoms with Crippen LogP contribution in [0.25, 0.3) is 0 Å². The topological polar surface area (TPSA) is 17.1 Å². The van der Waals surface area contributed by atoms with E-state index in [1.165, 1.54) is 51.4 Å². The van der Waals surface area contributed by atoms with E-state index in [0.29, 0.717) is 42.4 Å². The van der Waals surface area contributed by atoms with Crippen molar-refractivity contribution in [3.63, 3.8) is 0 Å². The highest BCUT2D eigenvalue weighted by Gasteiger charge is 2.94. The molecule has 0 unspecified atom stereocenters. The van der Waals surface area contributed by atoms with Crippen LogP contribution in [-0.2, 0) is 0 Å². The summed E-state index contributed by atoms with van der Waals surface area (Å²) in [7, 11) is 0. The van der Waals surface area contributed by atoms with E-state index in [4.69, 9.17) is 0 Å². The highest BCUT2D eigenvalue weighted by atomic mass is 19.4. The lowest BCUT2D eigenvalue weighted by molar-refractivity contribution is -0.449. The fourth-order valence-electron chi connectivity index (χ4n) is 7.11. The predicted octanol–water partition coefficient (Wildman–Crippen LogP) is 12.7. The first kappa shape index (κ1) is 41.3. The zero-order valence-electron chi connectivity index (χ0n) is 26.6. The van der Waals surface area contributed by atoms with Crippen LogP contribution in [0.3, 0.4) is 0 Å². The maximum absolute atomic E-state index is 14.5. The monoisotopic (exact) mass is 736 g/mol. The van der Waals surface area contributed by atoms with Crippen molar-refractivity contribution in [2.24, 2.45) is 17.8 Å². The van der Waals surface area contributed by atoms with Crippen molar-refractivity contribution in [3.05, 3.63) is 35.4 Å². The molecule has 1 aromatic carbocycles. The van der Waals surface area contributed by atoms with Crippen LogP contribution in [0.4, 0.5) is 65.9 Å². The van der Waals surface area contributed by atoms with Crippen LogP contribution >= 0.6 is 0 Å². The molecule has 0 bridgehead atoms. The summed E-state index contributed by atoms with van der Waals surface area (Å²) in [5.41, 5.74) is -0.988. The molecule has 2 fully saturated rings. The van der Waals surface area contributed by atoms with Crippen molar-refractivity contribution >= 4 is 5.78 Å². The van der Waals surface area contributed by atoms with Crippen molar-refractivity contribution in [3.8, 4) is 0 Å². The molecule has 0 N–H and O–H groups in total. The van der Waals surface area contributed by atoms with Gasteiger partial charge in [0.05, 0.1) is 0 Å². The van der Waals surface area contributed by atoms with Gasteiger partial charge in [0.15, 0.2) is 0 Å². The minimum atomic E-state index is -8.43. The molecule has 2 aliphatic carbocycles. The molecule has 2 aliphatic rings. The number of benzene rings is 1. The predicted molar refractivity (Wildman–Crippen MR) is 150 cm³/mol. The molecule has 0 amide bonds. The second-order valence-corrected chi connectivity index (χ2v) is 13.5. The summed E-state index contributed by atoms with van der Waals surface area (Å²) in [6.07, 6.45) is 7.29. The van der Waals surface area contributed by atoms with Crippen LogP contribution in [-0.4, -0.2) is 47.5 Å². The first-order valence-electron chi connectivity index (χ1n) is 16.4. The maximum atomic E-state index is 14.5. The van der Waals surface area contributed by atoms with Crippen molar-refractivity contribution < 1.29 is 70.7 Å². The van der Waals surface area contributed by atoms with Gasteiger partial charge in [-0.1, -0.05) is 82.6 Å². The van der Waals surface area contributed by atoms with Crippen LogP contribution in [0.5, 0.6) is 0 Å². The second kappa shape index (κ2) is 14.8. The number of hydrogen-bond donors (Lipinski definition) is 0. The van der Waals surface area contributed by atoms with Crippen LogP contribution in [0.1, 0.15) is 119 Å². The van der Waals surface area contributed by atoms with E-state index in [1.807, 2.05) is 0 Å². The Bertz CT molecular complexity index is 1220. The van der Waals surface area contributed by atoms with E-state index in [-0.39, 0.29) is 5.92 Å². The van der Waals surface area contributed by atoms with E-state index in [0.717, 1.165) is 43.7 Å². The lowest BCUT2D eigenvalue weighted by atomic mass is 9.68. The third kappa shape index (κ3) is 7.72. The molecule has 3 rings (SSSR count). The van der Waals surface area contributed by atoms with Gasteiger partial charge in [-0.05, 0) is 67.8 Å². The Hall–Kier alpha value is -2.16. The van der Waals surface area contributed by atoms with Gasteiger partial charge in [0.1, 0.15) is 0 Å². The van der Waals surface area contributed by atoms with Crippen molar-refractivity contribution in [2.75, 3.05) is 0 Å². The SMILES string of the molecule is CCCCCCC[C@H]1CC[C@H]([C@H]2CC[C@H](c3ccc(C(=O)C(F)(F)C(F)(F)C(F)(F)C(F)(F)C(F)(F)C(F)(F)C(F)(F)F)cc3)CC2)CC1. The molecule has 0 aromatic heterocycles. The molecular weight excluding hydrogens is 697 g/mol. The fourth-order valence-corrected chi connectivity index (χ4v) is 7.11. The highest BCUT2D eigenvalue weighted by Crippen LogP contribution is 2.62. The van der Waals surface area contributed by atoms with E-state index in [2.05, 4.69) is 6.92 Å². The largest absolute Gasteiger partial charge is 0.460 e. The molecule has 0 atom stereocenters. The molecule has 2 saturated carbocycles. The number of carbonyl (C=O) groups is 1. The summed E-state index contributed by atoms with van der Waals surface area (Å²) >= 11 is 0. The number of unbranched alkanes of at least 4 members (excludes halogenated alkanes) is 4. The number of alkyl halides is 15. The molecular formula is C33H39F15O. The summed E-state index contributed by atoms with van der Waals surface area (Å²) in [6, 6.07) is 3.09. The van der Waals surface area contributed by atoms with E-state index >= 15 is 0 Å². The average molecular weight is 737 g/mol. The van der Waals surface area contributed by atoms with Gasteiger partial charge < -0.3 is 0 Å². The molecule has 1 nitrogen and oxygen atoms in total. The zero-order chi connectivity index (χ0) is 37.3. The van der Waals surface area contributed by atoms with E-state index in [9.17, 15) is 70.7 Å². The van der Waals surface area contributed by atoms with Gasteiger partial charge in [0.2, 0.25) is 5.78 Å². The fraction of sp³-hybridized carbons (Fsp3) is 0.788. The Morgan fingerprint density at radius 1 is 0.551 bits per heavy atom. The first-order chi connectivity index (χ1) is 22.4. The molecule has 282 valence electrons. The van der Waals surface area contributed by atoms with Gasteiger partial charge in [-0.2, -0.15) is 65.9 Å². The van der Waals surface area contributed by atoms with E-state index < -0.39 is 53.1 Å². The Balaban J connectivity index is 1.64. The molecule has 16 heteroatoms. The molecule has 49 heavy (non-hydrogen) atoms. The van der Waals surface area contributed by atoms with Crippen LogP contribution in [0.2, 0.25) is 0 Å². The van der Waals surface area contributed by atoms with Crippen LogP contribution < -0.4 is 0 Å². The highest BCUT2D eigenvalue weighted by molar-refractivity contribution is 6.02. The second-order valence-electron chi connectivity index (χ2n) is 13.5. The Kier molecular flexibility index (Phi) is 12.5. The summed E-state index contributed by atoms with van der Waals surface area (Å²) in [6.45, 7) is 2.17. The van der Waals surface area contributed by atoms with Crippen molar-refractivity contribution in [2.45, 2.75) is 144 Å². The normalized spacial score (nSPS) is 23.8. The minimum Gasteiger partial charge on any atom is -0.287 e. The third-order valence-corrected chi connectivity index (χ3v) is 10.3. The Morgan fingerprint density at radius 3 is 1.45 bits per heavy atom. The van der Waals surface area contributed by atoms with Crippen LogP contribution in [0.15, 0.2) is 24.3 Å². The van der Waals surface area contributed by atoms with Gasteiger partial charge in [-0.25, -0.2) is 0 Å². The Labute approximate surface area is 274 Å². The van der Waals surface area contributed by atoms with Crippen molar-refractivity contribution in [1.29, 1.82) is 0 Å². The summed E-state index contributed by atoms with van der Waals surface area (Å²) in [5, 5.41) is 0. The number of halogens is 15. The standard InChI is InChI=1S/C33H39F15O/c1-2-3-4-5-6-7-20-8-10-21(11-9-20)22-12-14-23(15-13-22)24-16-18-25(19-17-24)26(49)27(34,35)28(36,37)29(38,39)30(40,41)31(42,43)32(44,45)33(46,47)48/h16-23H,2-15H2,1H3/t20-,21-,22-,23-. The van der Waals surface area contributed by atoms with Gasteiger partial charge in [0.25, 0.3) is 0 Å². The number of carbonyl (C=O) groups excluding carboxylic acids is 1. The van der Waals surface area contributed by atoms with Crippen LogP contribution in [0, 0.1) is 17.8 Å². The summed E-state index contributed by atoms with van der Waals surface area (Å²) < 4.78 is 203. The molecule has 0 saturated heterocycles. The molecule has 0 spiro atoms. The van der Waals surface area contributed by atoms with Gasteiger partial charge >= 0.3 is 41.7 Å². The summed E-state index contributed by atoms with van der Waals surface area (Å²) in [5.74, 6) is -49.6. The number of rotatable bonds is 15. The molecule has 0 radical (unpaired) electrons. The number of Topliss-reactive ketones (excluding diaryl/α,β-unsaturated/α-hetero) is 1. The first-order valence-corrected chi connectivity index (χ1v) is 16.4. The molecule has 0 heterocycles. The molecule has 1 aromatic rings. The lowest BCUT2D eigenvalue weighted by Crippen LogP contribution is -2.73. The average Bonchev–Trinajstić information content (AvgIpc) is 3.03. The third-order valence-electron chi connectivity index (χ3n) is 10.3. The van der Waals surface area contributed by atoms with Gasteiger partial charge in [-0.15, -0.1) is 0 Å². The number of ketones is 1. The van der Waals surface area contributed by atoms with E-state index in [1.54, 1.807) is 0 Å². The molecule has 0 aliphatic heterocycles. The summed E-state index contributed by atoms with van der Waals surface area (Å²) in [4.78, 5) is 12.2. The minimum absolute atomic E-state index is 0.151. The van der Waals surface area contributed by atoms with Gasteiger partial charge in [-0.3, -0.25) is 4.79 Å². The lowest BCUT2D eigenvalue weighted by Gasteiger charge is -2.41. The van der Waals surface area contributed by atoms with Gasteiger partial charge in [0, 0.05) is 5.56 Å².